The van der Waals surface area contributed by atoms with Gasteiger partial charge in [0.05, 0.1) is 0 Å². The highest BCUT2D eigenvalue weighted by atomic mass is 13.7. The first-order chi connectivity index (χ1) is 5.68. The van der Waals surface area contributed by atoms with Crippen LogP contribution in [0.4, 0.5) is 0 Å². The number of rotatable bonds is 2. The van der Waals surface area contributed by atoms with Gasteiger partial charge in [0.1, 0.15) is 0 Å². The molecule has 12 heavy (non-hydrogen) atoms. The van der Waals surface area contributed by atoms with Crippen molar-refractivity contribution in [1.29, 1.82) is 0 Å². The van der Waals surface area contributed by atoms with Crippen molar-refractivity contribution in [2.45, 2.75) is 54.4 Å². The standard InChI is InChI=1S/C6H10.C4H10.C2H6/c1-4-5-6(2)3;1-3-4-2;1-2/h4-5H,1H2,2-3H3;3-4H2,1-2H3;1-2H3. The first kappa shape index (κ1) is 17.5. The first-order valence-corrected chi connectivity index (χ1v) is 4.94. The molecule has 0 saturated heterocycles. The van der Waals surface area contributed by atoms with E-state index in [0.29, 0.717) is 0 Å². The van der Waals surface area contributed by atoms with Crippen LogP contribution in [-0.4, -0.2) is 0 Å². The van der Waals surface area contributed by atoms with Crippen molar-refractivity contribution in [1.82, 2.24) is 0 Å². The summed E-state index contributed by atoms with van der Waals surface area (Å²) in [4.78, 5) is 0. The summed E-state index contributed by atoms with van der Waals surface area (Å²) in [5, 5.41) is 0. The van der Waals surface area contributed by atoms with Crippen LogP contribution in [0, 0.1) is 0 Å². The molecule has 0 fully saturated rings. The Morgan fingerprint density at radius 1 is 1.08 bits per heavy atom. The molecule has 0 aromatic carbocycles. The fourth-order valence-corrected chi connectivity index (χ4v) is 0.236. The van der Waals surface area contributed by atoms with Gasteiger partial charge in [0.15, 0.2) is 0 Å². The molecule has 0 nitrogen and oxygen atoms in total. The van der Waals surface area contributed by atoms with Gasteiger partial charge in [-0.25, -0.2) is 0 Å². The fraction of sp³-hybridized carbons (Fsp3) is 0.667. The second-order valence-corrected chi connectivity index (χ2v) is 2.48. The third kappa shape index (κ3) is 56.3. The Balaban J connectivity index is -0.000000118. The smallest absolute Gasteiger partial charge is 0.0439 e. The van der Waals surface area contributed by atoms with Crippen LogP contribution in [0.5, 0.6) is 0 Å². The average molecular weight is 170 g/mol. The Morgan fingerprint density at radius 3 is 1.42 bits per heavy atom. The van der Waals surface area contributed by atoms with Crippen LogP contribution in [0.2, 0.25) is 0 Å². The molecule has 0 unspecified atom stereocenters. The van der Waals surface area contributed by atoms with Crippen molar-refractivity contribution in [3.05, 3.63) is 24.3 Å². The minimum atomic E-state index is 1.30. The highest BCUT2D eigenvalue weighted by Gasteiger charge is 1.63. The van der Waals surface area contributed by atoms with Gasteiger partial charge in [0.2, 0.25) is 0 Å². The summed E-state index contributed by atoms with van der Waals surface area (Å²) in [5.41, 5.74) is 1.30. The van der Waals surface area contributed by atoms with Crippen molar-refractivity contribution in [2.24, 2.45) is 0 Å². The summed E-state index contributed by atoms with van der Waals surface area (Å²) in [6.07, 6.45) is 6.40. The van der Waals surface area contributed by atoms with E-state index < -0.39 is 0 Å². The van der Waals surface area contributed by atoms with Crippen LogP contribution >= 0.6 is 0 Å². The normalized spacial score (nSPS) is 6.50. The zero-order valence-corrected chi connectivity index (χ0v) is 9.78. The van der Waals surface area contributed by atoms with Crippen LogP contribution < -0.4 is 0 Å². The average Bonchev–Trinajstić information content (AvgIpc) is 2.08. The highest BCUT2D eigenvalue weighted by Crippen LogP contribution is 1.85. The molecular formula is C12H26. The molecule has 0 bridgehead atoms. The molecule has 0 aromatic rings. The second kappa shape index (κ2) is 22.4. The predicted octanol–water partition coefficient (Wildman–Crippen LogP) is 4.97. The van der Waals surface area contributed by atoms with Gasteiger partial charge < -0.3 is 0 Å². The van der Waals surface area contributed by atoms with E-state index in [1.807, 2.05) is 33.8 Å². The van der Waals surface area contributed by atoms with Gasteiger partial charge in [-0.3, -0.25) is 0 Å². The van der Waals surface area contributed by atoms with Crippen LogP contribution in [0.15, 0.2) is 24.3 Å². The Bertz CT molecular complexity index is 82.2. The molecule has 0 aliphatic heterocycles. The minimum absolute atomic E-state index is 1.30. The summed E-state index contributed by atoms with van der Waals surface area (Å²) < 4.78 is 0. The Labute approximate surface area is 79.4 Å². The molecule has 0 heterocycles. The number of unbranched alkanes of at least 4 members (excludes halogenated alkanes) is 1. The SMILES string of the molecule is C=CC=C(C)C.CC.CCCC. The van der Waals surface area contributed by atoms with Gasteiger partial charge in [-0.05, 0) is 13.8 Å². The van der Waals surface area contributed by atoms with Gasteiger partial charge in [-0.15, -0.1) is 0 Å². The lowest BCUT2D eigenvalue weighted by atomic mass is 10.3. The largest absolute Gasteiger partial charge is 0.0991 e. The van der Waals surface area contributed by atoms with Crippen LogP contribution in [0.25, 0.3) is 0 Å². The molecule has 0 heteroatoms. The van der Waals surface area contributed by atoms with Gasteiger partial charge in [0.25, 0.3) is 0 Å². The molecule has 0 amide bonds. The highest BCUT2D eigenvalue weighted by molar-refractivity contribution is 5.04. The van der Waals surface area contributed by atoms with Crippen LogP contribution in [0.1, 0.15) is 54.4 Å². The van der Waals surface area contributed by atoms with E-state index in [2.05, 4.69) is 20.4 Å². The van der Waals surface area contributed by atoms with Crippen molar-refractivity contribution < 1.29 is 0 Å². The topological polar surface area (TPSA) is 0 Å². The lowest BCUT2D eigenvalue weighted by Gasteiger charge is -1.76. The Morgan fingerprint density at radius 2 is 1.42 bits per heavy atom. The summed E-state index contributed by atoms with van der Waals surface area (Å²) in [6, 6.07) is 0. The maximum absolute atomic E-state index is 3.52. The summed E-state index contributed by atoms with van der Waals surface area (Å²) in [7, 11) is 0. The van der Waals surface area contributed by atoms with Crippen molar-refractivity contribution in [2.75, 3.05) is 0 Å². The lowest BCUT2D eigenvalue weighted by molar-refractivity contribution is 0.886. The minimum Gasteiger partial charge on any atom is -0.0991 e. The Kier molecular flexibility index (Phi) is 32.8. The molecular weight excluding hydrogens is 144 g/mol. The van der Waals surface area contributed by atoms with E-state index in [1.165, 1.54) is 18.4 Å². The number of hydrogen-bond acceptors (Lipinski definition) is 0. The van der Waals surface area contributed by atoms with Gasteiger partial charge in [-0.1, -0.05) is 64.8 Å². The predicted molar refractivity (Wildman–Crippen MR) is 61.6 cm³/mol. The van der Waals surface area contributed by atoms with Gasteiger partial charge in [-0.2, -0.15) is 0 Å². The molecule has 0 N–H and O–H groups in total. The molecule has 74 valence electrons. The van der Waals surface area contributed by atoms with E-state index in [1.54, 1.807) is 6.08 Å². The molecule has 0 radical (unpaired) electrons. The van der Waals surface area contributed by atoms with Gasteiger partial charge in [0, 0.05) is 0 Å². The Hall–Kier alpha value is -0.520. The molecule has 0 aliphatic carbocycles. The summed E-state index contributed by atoms with van der Waals surface area (Å²) in [6.45, 7) is 16.0. The molecule has 0 aliphatic rings. The monoisotopic (exact) mass is 170 g/mol. The summed E-state index contributed by atoms with van der Waals surface area (Å²) >= 11 is 0. The molecule has 0 spiro atoms. The third-order valence-corrected chi connectivity index (χ3v) is 0.951. The molecule has 0 atom stereocenters. The van der Waals surface area contributed by atoms with Crippen molar-refractivity contribution in [3.8, 4) is 0 Å². The van der Waals surface area contributed by atoms with Crippen LogP contribution in [-0.2, 0) is 0 Å². The van der Waals surface area contributed by atoms with Crippen molar-refractivity contribution >= 4 is 0 Å². The van der Waals surface area contributed by atoms with E-state index >= 15 is 0 Å². The van der Waals surface area contributed by atoms with E-state index in [0.717, 1.165) is 0 Å². The van der Waals surface area contributed by atoms with E-state index in [4.69, 9.17) is 0 Å². The van der Waals surface area contributed by atoms with Gasteiger partial charge >= 0.3 is 0 Å². The third-order valence-electron chi connectivity index (χ3n) is 0.951. The molecule has 0 aromatic heterocycles. The number of allylic oxidation sites excluding steroid dienone is 3. The fourth-order valence-electron chi connectivity index (χ4n) is 0.236. The zero-order chi connectivity index (χ0) is 10.4. The lowest BCUT2D eigenvalue weighted by Crippen LogP contribution is -1.54. The molecule has 0 rings (SSSR count). The van der Waals surface area contributed by atoms with Crippen molar-refractivity contribution in [3.63, 3.8) is 0 Å². The summed E-state index contributed by atoms with van der Waals surface area (Å²) in [5.74, 6) is 0. The van der Waals surface area contributed by atoms with E-state index in [9.17, 15) is 0 Å². The maximum Gasteiger partial charge on any atom is -0.0439 e. The number of hydrogen-bond donors (Lipinski definition) is 0. The van der Waals surface area contributed by atoms with Crippen LogP contribution in [0.3, 0.4) is 0 Å². The zero-order valence-electron chi connectivity index (χ0n) is 9.78. The second-order valence-electron chi connectivity index (χ2n) is 2.48. The maximum atomic E-state index is 3.52. The quantitative estimate of drug-likeness (QED) is 0.513. The first-order valence-electron chi connectivity index (χ1n) is 4.94. The van der Waals surface area contributed by atoms with E-state index in [-0.39, 0.29) is 0 Å². The molecule has 0 saturated carbocycles.